The highest BCUT2D eigenvalue weighted by Crippen LogP contribution is 2.18. The van der Waals surface area contributed by atoms with E-state index in [4.69, 9.17) is 5.11 Å². The topological polar surface area (TPSA) is 103 Å². The van der Waals surface area contributed by atoms with E-state index in [0.29, 0.717) is 25.3 Å². The summed E-state index contributed by atoms with van der Waals surface area (Å²) in [5, 5.41) is 13.5. The molecular weight excluding hydrogens is 318 g/mol. The summed E-state index contributed by atoms with van der Waals surface area (Å²) in [6, 6.07) is 6.12. The number of quaternary nitrogens is 1. The molecular formula is C15H26N3O4S+. The van der Waals surface area contributed by atoms with E-state index in [2.05, 4.69) is 5.32 Å². The molecule has 4 N–H and O–H groups in total. The smallest absolute Gasteiger partial charge is 0.279 e. The number of carbonyl (C=O) groups excluding carboxylic acids is 1. The van der Waals surface area contributed by atoms with Gasteiger partial charge in [0.25, 0.3) is 5.91 Å². The molecule has 1 aromatic rings. The van der Waals surface area contributed by atoms with Gasteiger partial charge in [0.1, 0.15) is 6.54 Å². The normalized spacial score (nSPS) is 13.1. The third kappa shape index (κ3) is 5.91. The number of aliphatic hydroxyl groups is 1. The zero-order chi connectivity index (χ0) is 17.5. The van der Waals surface area contributed by atoms with Crippen LogP contribution in [0.5, 0.6) is 0 Å². The van der Waals surface area contributed by atoms with Gasteiger partial charge in [-0.1, -0.05) is 13.8 Å². The predicted molar refractivity (Wildman–Crippen MR) is 88.5 cm³/mol. The average molecular weight is 344 g/mol. The van der Waals surface area contributed by atoms with E-state index >= 15 is 0 Å². The van der Waals surface area contributed by atoms with Gasteiger partial charge in [-0.3, -0.25) is 4.79 Å². The van der Waals surface area contributed by atoms with Gasteiger partial charge in [-0.25, -0.2) is 8.42 Å². The number of sulfonamides is 1. The van der Waals surface area contributed by atoms with Crippen molar-refractivity contribution in [3.63, 3.8) is 0 Å². The Morgan fingerprint density at radius 3 is 2.30 bits per heavy atom. The number of hydrogen-bond acceptors (Lipinski definition) is 4. The monoisotopic (exact) mass is 344 g/mol. The van der Waals surface area contributed by atoms with Gasteiger partial charge in [-0.05, 0) is 31.2 Å². The summed E-state index contributed by atoms with van der Waals surface area (Å²) in [4.78, 5) is 11.9. The van der Waals surface area contributed by atoms with E-state index in [9.17, 15) is 13.2 Å². The Kier molecular flexibility index (Phi) is 7.63. The number of amides is 1. The van der Waals surface area contributed by atoms with E-state index in [1.807, 2.05) is 0 Å². The molecule has 1 aromatic carbocycles. The van der Waals surface area contributed by atoms with Crippen LogP contribution in [0.15, 0.2) is 29.2 Å². The van der Waals surface area contributed by atoms with Crippen molar-refractivity contribution in [2.75, 3.05) is 31.5 Å². The predicted octanol–water partition coefficient (Wildman–Crippen LogP) is -0.400. The summed E-state index contributed by atoms with van der Waals surface area (Å²) < 4.78 is 26.1. The standard InChI is InChI=1S/C15H25N3O4S/c1-4-18(5-2)23(21,22)14-8-6-13(7-9-14)17-15(20)11-16-10-12(3)19/h6-9,12,16,19H,4-5,10-11H2,1-3H3,(H,17,20)/p+1/t12-/m1/s1. The van der Waals surface area contributed by atoms with Crippen LogP contribution in [-0.2, 0) is 14.8 Å². The minimum atomic E-state index is -3.48. The number of hydrogen-bond donors (Lipinski definition) is 3. The summed E-state index contributed by atoms with van der Waals surface area (Å²) in [7, 11) is -3.48. The molecule has 7 nitrogen and oxygen atoms in total. The molecule has 8 heteroatoms. The fourth-order valence-electron chi connectivity index (χ4n) is 2.09. The molecule has 0 saturated carbocycles. The largest absolute Gasteiger partial charge is 0.388 e. The highest BCUT2D eigenvalue weighted by atomic mass is 32.2. The second kappa shape index (κ2) is 8.97. The molecule has 0 aromatic heterocycles. The molecule has 1 rings (SSSR count). The van der Waals surface area contributed by atoms with Crippen LogP contribution < -0.4 is 10.6 Å². The molecule has 130 valence electrons. The van der Waals surface area contributed by atoms with Gasteiger partial charge < -0.3 is 15.7 Å². The number of nitrogens with two attached hydrogens (primary N) is 1. The summed E-state index contributed by atoms with van der Waals surface area (Å²) in [6.45, 7) is 6.72. The first kappa shape index (κ1) is 19.6. The number of benzene rings is 1. The summed E-state index contributed by atoms with van der Waals surface area (Å²) in [6.07, 6.45) is -0.465. The van der Waals surface area contributed by atoms with Crippen molar-refractivity contribution in [1.82, 2.24) is 4.31 Å². The van der Waals surface area contributed by atoms with Gasteiger partial charge in [0.2, 0.25) is 10.0 Å². The van der Waals surface area contributed by atoms with Crippen LogP contribution in [0.25, 0.3) is 0 Å². The lowest BCUT2D eigenvalue weighted by Gasteiger charge is -2.18. The van der Waals surface area contributed by atoms with Gasteiger partial charge in [0.05, 0.1) is 11.0 Å². The Bertz CT molecular complexity index is 596. The maximum Gasteiger partial charge on any atom is 0.279 e. The van der Waals surface area contributed by atoms with E-state index in [0.717, 1.165) is 0 Å². The lowest BCUT2D eigenvalue weighted by Crippen LogP contribution is -2.88. The summed E-state index contributed by atoms with van der Waals surface area (Å²) in [5.74, 6) is -0.204. The fraction of sp³-hybridized carbons (Fsp3) is 0.533. The van der Waals surface area contributed by atoms with Crippen LogP contribution in [0.3, 0.4) is 0 Å². The third-order valence-corrected chi connectivity index (χ3v) is 5.38. The first-order valence-electron chi connectivity index (χ1n) is 7.71. The molecule has 0 aliphatic carbocycles. The molecule has 0 spiro atoms. The Morgan fingerprint density at radius 2 is 1.83 bits per heavy atom. The Balaban J connectivity index is 2.68. The highest BCUT2D eigenvalue weighted by molar-refractivity contribution is 7.89. The number of rotatable bonds is 9. The van der Waals surface area contributed by atoms with E-state index in [1.165, 1.54) is 16.4 Å². The van der Waals surface area contributed by atoms with Crippen LogP contribution in [0, 0.1) is 0 Å². The average Bonchev–Trinajstić information content (AvgIpc) is 2.48. The molecule has 0 unspecified atom stereocenters. The third-order valence-electron chi connectivity index (χ3n) is 3.32. The van der Waals surface area contributed by atoms with Crippen molar-refractivity contribution in [2.24, 2.45) is 0 Å². The molecule has 0 heterocycles. The maximum atomic E-state index is 12.3. The van der Waals surface area contributed by atoms with Crippen molar-refractivity contribution < 1.29 is 23.6 Å². The summed E-state index contributed by atoms with van der Waals surface area (Å²) in [5.41, 5.74) is 0.541. The minimum Gasteiger partial charge on any atom is -0.388 e. The zero-order valence-corrected chi connectivity index (χ0v) is 14.6. The number of anilines is 1. The molecule has 1 atom stereocenters. The number of nitrogens with zero attached hydrogens (tertiary/aromatic N) is 1. The van der Waals surface area contributed by atoms with Crippen molar-refractivity contribution in [3.8, 4) is 0 Å². The van der Waals surface area contributed by atoms with Crippen LogP contribution in [0.1, 0.15) is 20.8 Å². The second-order valence-electron chi connectivity index (χ2n) is 5.24. The van der Waals surface area contributed by atoms with Gasteiger partial charge >= 0.3 is 0 Å². The van der Waals surface area contributed by atoms with Crippen LogP contribution in [0.4, 0.5) is 5.69 Å². The van der Waals surface area contributed by atoms with Crippen molar-refractivity contribution >= 4 is 21.6 Å². The first-order valence-corrected chi connectivity index (χ1v) is 9.15. The molecule has 0 aliphatic heterocycles. The number of nitrogens with one attached hydrogen (secondary N) is 1. The van der Waals surface area contributed by atoms with Crippen molar-refractivity contribution in [3.05, 3.63) is 24.3 Å². The molecule has 0 radical (unpaired) electrons. The van der Waals surface area contributed by atoms with Crippen LogP contribution >= 0.6 is 0 Å². The summed E-state index contributed by atoms with van der Waals surface area (Å²) >= 11 is 0. The zero-order valence-electron chi connectivity index (χ0n) is 13.8. The van der Waals surface area contributed by atoms with E-state index < -0.39 is 16.1 Å². The first-order chi connectivity index (χ1) is 10.8. The van der Waals surface area contributed by atoms with E-state index in [1.54, 1.807) is 38.2 Å². The SMILES string of the molecule is CCN(CC)S(=O)(=O)c1ccc(NC(=O)C[NH2+]C[C@@H](C)O)cc1. The lowest BCUT2D eigenvalue weighted by molar-refractivity contribution is -0.649. The van der Waals surface area contributed by atoms with E-state index in [-0.39, 0.29) is 17.3 Å². The molecule has 0 aliphatic rings. The van der Waals surface area contributed by atoms with Crippen LogP contribution in [0.2, 0.25) is 0 Å². The Hall–Kier alpha value is -1.48. The van der Waals surface area contributed by atoms with Crippen molar-refractivity contribution in [2.45, 2.75) is 31.8 Å². The Labute approximate surface area is 137 Å². The van der Waals surface area contributed by atoms with Crippen molar-refractivity contribution in [1.29, 1.82) is 0 Å². The van der Waals surface area contributed by atoms with Gasteiger partial charge in [-0.2, -0.15) is 4.31 Å². The lowest BCUT2D eigenvalue weighted by atomic mass is 10.3. The fourth-order valence-corrected chi connectivity index (χ4v) is 3.55. The molecule has 0 saturated heterocycles. The minimum absolute atomic E-state index is 0.199. The van der Waals surface area contributed by atoms with Gasteiger partial charge in [0, 0.05) is 18.8 Å². The number of aliphatic hydroxyl groups excluding tert-OH is 1. The van der Waals surface area contributed by atoms with Crippen LogP contribution in [-0.4, -0.2) is 56.0 Å². The maximum absolute atomic E-state index is 12.3. The Morgan fingerprint density at radius 1 is 1.26 bits per heavy atom. The number of carbonyl (C=O) groups is 1. The quantitative estimate of drug-likeness (QED) is 0.567. The molecule has 0 bridgehead atoms. The molecule has 23 heavy (non-hydrogen) atoms. The van der Waals surface area contributed by atoms with Gasteiger partial charge in [-0.15, -0.1) is 0 Å². The second-order valence-corrected chi connectivity index (χ2v) is 7.18. The van der Waals surface area contributed by atoms with Gasteiger partial charge in [0.15, 0.2) is 6.54 Å². The highest BCUT2D eigenvalue weighted by Gasteiger charge is 2.21. The molecule has 1 amide bonds. The molecule has 0 fully saturated rings.